The number of carbonyl (C=O) groups is 1. The first-order valence-electron chi connectivity index (χ1n) is 29.3. The summed E-state index contributed by atoms with van der Waals surface area (Å²) in [6, 6.07) is -0.940. The molecule has 2 rings (SSSR count). The molecule has 1 amide bonds. The molecule has 2 aliphatic heterocycles. The number of allylic oxidation sites excluding steroid dienone is 13. The molecule has 12 atom stereocenters. The van der Waals surface area contributed by atoms with E-state index < -0.39 is 86.8 Å². The molecule has 0 spiro atoms. The molecule has 0 aromatic rings. The first-order valence-corrected chi connectivity index (χ1v) is 29.3. The van der Waals surface area contributed by atoms with Crippen LogP contribution in [0.5, 0.6) is 0 Å². The van der Waals surface area contributed by atoms with Crippen molar-refractivity contribution in [3.05, 3.63) is 85.1 Å². The maximum atomic E-state index is 13.2. The van der Waals surface area contributed by atoms with Crippen molar-refractivity contribution in [2.75, 3.05) is 19.8 Å². The molecule has 75 heavy (non-hydrogen) atoms. The number of aliphatic hydroxyl groups excluding tert-OH is 8. The summed E-state index contributed by atoms with van der Waals surface area (Å²) in [5.41, 5.74) is 0. The Labute approximate surface area is 452 Å². The lowest BCUT2D eigenvalue weighted by Crippen LogP contribution is -2.65. The predicted molar refractivity (Wildman–Crippen MR) is 300 cm³/mol. The zero-order chi connectivity index (χ0) is 54.6. The van der Waals surface area contributed by atoms with E-state index in [1.165, 1.54) is 96.3 Å². The molecule has 12 unspecified atom stereocenters. The monoisotopic (exact) mass is 1060 g/mol. The van der Waals surface area contributed by atoms with Gasteiger partial charge in [-0.05, 0) is 77.0 Å². The Morgan fingerprint density at radius 3 is 1.47 bits per heavy atom. The molecule has 2 saturated heterocycles. The van der Waals surface area contributed by atoms with Crippen molar-refractivity contribution in [1.29, 1.82) is 0 Å². The van der Waals surface area contributed by atoms with Crippen LogP contribution in [0.15, 0.2) is 85.1 Å². The Kier molecular flexibility index (Phi) is 42.0. The highest BCUT2D eigenvalue weighted by atomic mass is 16.7. The third-order valence-corrected chi connectivity index (χ3v) is 13.8. The van der Waals surface area contributed by atoms with Crippen molar-refractivity contribution in [2.45, 2.75) is 274 Å². The average Bonchev–Trinajstić information content (AvgIpc) is 3.41. The Hall–Kier alpha value is -2.83. The molecule has 2 fully saturated rings. The maximum absolute atomic E-state index is 13.2. The number of amides is 1. The van der Waals surface area contributed by atoms with Gasteiger partial charge in [-0.25, -0.2) is 0 Å². The minimum Gasteiger partial charge on any atom is -0.394 e. The number of aliphatic hydroxyl groups is 8. The van der Waals surface area contributed by atoms with Gasteiger partial charge in [0.25, 0.3) is 0 Å². The summed E-state index contributed by atoms with van der Waals surface area (Å²) in [6.45, 7) is 2.65. The van der Waals surface area contributed by atoms with Crippen LogP contribution in [0.4, 0.5) is 0 Å². The molecule has 2 aliphatic rings. The van der Waals surface area contributed by atoms with E-state index in [4.69, 9.17) is 18.9 Å². The van der Waals surface area contributed by atoms with E-state index in [0.29, 0.717) is 12.8 Å². The number of rotatable bonds is 45. The number of carbonyl (C=O) groups excluding carboxylic acids is 1. The lowest BCUT2D eigenvalue weighted by atomic mass is 9.97. The fourth-order valence-electron chi connectivity index (χ4n) is 9.10. The van der Waals surface area contributed by atoms with Crippen LogP contribution in [0, 0.1) is 0 Å². The van der Waals surface area contributed by atoms with Gasteiger partial charge < -0.3 is 65.1 Å². The normalized spacial score (nSPS) is 25.7. The molecule has 14 nitrogen and oxygen atoms in total. The van der Waals surface area contributed by atoms with E-state index in [0.717, 1.165) is 70.6 Å². The highest BCUT2D eigenvalue weighted by molar-refractivity contribution is 5.76. The highest BCUT2D eigenvalue weighted by Gasteiger charge is 2.51. The smallest absolute Gasteiger partial charge is 0.220 e. The van der Waals surface area contributed by atoms with Crippen molar-refractivity contribution >= 4 is 5.91 Å². The summed E-state index contributed by atoms with van der Waals surface area (Å²) in [4.78, 5) is 13.2. The summed E-state index contributed by atoms with van der Waals surface area (Å²) in [7, 11) is 0. The summed E-state index contributed by atoms with van der Waals surface area (Å²) < 4.78 is 22.7. The third-order valence-electron chi connectivity index (χ3n) is 13.8. The van der Waals surface area contributed by atoms with Crippen molar-refractivity contribution < 1.29 is 64.6 Å². The second kappa shape index (κ2) is 46.1. The van der Waals surface area contributed by atoms with Crippen LogP contribution < -0.4 is 5.32 Å². The maximum Gasteiger partial charge on any atom is 0.220 e. The van der Waals surface area contributed by atoms with Crippen molar-refractivity contribution in [2.24, 2.45) is 0 Å². The molecule has 0 aromatic carbocycles. The van der Waals surface area contributed by atoms with E-state index in [1.54, 1.807) is 6.08 Å². The molecular formula is C61H105NO13. The van der Waals surface area contributed by atoms with E-state index >= 15 is 0 Å². The Bertz CT molecular complexity index is 1580. The van der Waals surface area contributed by atoms with Crippen molar-refractivity contribution in [3.8, 4) is 0 Å². The first kappa shape index (κ1) is 68.3. The fourth-order valence-corrected chi connectivity index (χ4v) is 9.10. The van der Waals surface area contributed by atoms with Gasteiger partial charge in [-0.1, -0.05) is 202 Å². The van der Waals surface area contributed by atoms with Gasteiger partial charge in [0, 0.05) is 6.42 Å². The van der Waals surface area contributed by atoms with Gasteiger partial charge in [0.2, 0.25) is 5.91 Å². The Balaban J connectivity index is 1.77. The van der Waals surface area contributed by atoms with Crippen LogP contribution in [-0.4, -0.2) is 140 Å². The molecule has 9 N–H and O–H groups in total. The van der Waals surface area contributed by atoms with E-state index in [9.17, 15) is 45.6 Å². The van der Waals surface area contributed by atoms with Crippen LogP contribution in [0.3, 0.4) is 0 Å². The average molecular weight is 1060 g/mol. The molecule has 0 aromatic heterocycles. The topological polar surface area (TPSA) is 228 Å². The second-order valence-corrected chi connectivity index (χ2v) is 20.4. The minimum absolute atomic E-state index is 0.259. The summed E-state index contributed by atoms with van der Waals surface area (Å²) in [5.74, 6) is -0.259. The van der Waals surface area contributed by atoms with Crippen LogP contribution in [0.1, 0.15) is 200 Å². The van der Waals surface area contributed by atoms with Gasteiger partial charge in [-0.2, -0.15) is 0 Å². The lowest BCUT2D eigenvalue weighted by Gasteiger charge is -2.46. The number of hydrogen-bond acceptors (Lipinski definition) is 13. The predicted octanol–water partition coefficient (Wildman–Crippen LogP) is 9.72. The summed E-state index contributed by atoms with van der Waals surface area (Å²) >= 11 is 0. The van der Waals surface area contributed by atoms with Gasteiger partial charge in [0.05, 0.1) is 32.0 Å². The fraction of sp³-hybridized carbons (Fsp3) is 0.754. The third kappa shape index (κ3) is 32.0. The lowest BCUT2D eigenvalue weighted by molar-refractivity contribution is -0.359. The van der Waals surface area contributed by atoms with Gasteiger partial charge >= 0.3 is 0 Å². The number of hydrogen-bond donors (Lipinski definition) is 9. The van der Waals surface area contributed by atoms with Crippen molar-refractivity contribution in [3.63, 3.8) is 0 Å². The number of nitrogens with one attached hydrogen (secondary N) is 1. The number of unbranched alkanes of at least 4 members (excludes halogenated alkanes) is 20. The summed E-state index contributed by atoms with van der Waals surface area (Å²) in [5, 5.41) is 87.0. The second-order valence-electron chi connectivity index (χ2n) is 20.4. The molecule has 432 valence electrons. The zero-order valence-electron chi connectivity index (χ0n) is 46.3. The molecule has 0 bridgehead atoms. The number of ether oxygens (including phenoxy) is 4. The van der Waals surface area contributed by atoms with Gasteiger partial charge in [-0.3, -0.25) is 4.79 Å². The Morgan fingerprint density at radius 1 is 0.493 bits per heavy atom. The van der Waals surface area contributed by atoms with Crippen LogP contribution in [0.25, 0.3) is 0 Å². The van der Waals surface area contributed by atoms with Crippen LogP contribution in [-0.2, 0) is 23.7 Å². The molecule has 14 heteroatoms. The van der Waals surface area contributed by atoms with E-state index in [-0.39, 0.29) is 18.9 Å². The van der Waals surface area contributed by atoms with Crippen molar-refractivity contribution in [1.82, 2.24) is 5.32 Å². The molecule has 0 saturated carbocycles. The highest BCUT2D eigenvalue weighted by Crippen LogP contribution is 2.30. The molecule has 0 radical (unpaired) electrons. The first-order chi connectivity index (χ1) is 36.6. The zero-order valence-corrected chi connectivity index (χ0v) is 46.3. The standard InChI is InChI=1S/C61H105NO13/c1-3-5-7-9-11-13-15-17-19-21-22-23-24-25-26-27-28-29-31-33-35-37-39-41-43-45-53(66)62-49(50(65)44-42-40-38-36-34-32-30-20-18-16-14-12-10-8-6-4-2)48-72-60-58(71)56(69)59(52(47-64)74-60)75-61-57(70)55(68)54(67)51(46-63)73-61/h5,7,11,13,17,19,22-23,25-26,34,36,42,44,49-52,54-61,63-65,67-71H,3-4,6,8-10,12,14-16,18,20-21,24,27-33,35,37-41,43,45-48H2,1-2H3,(H,62,66)/b7-5-,13-11-,19-17-,23-22-,26-25-,36-34+,44-42+. The van der Waals surface area contributed by atoms with E-state index in [1.807, 2.05) is 6.08 Å². The van der Waals surface area contributed by atoms with Gasteiger partial charge in [-0.15, -0.1) is 0 Å². The van der Waals surface area contributed by atoms with Gasteiger partial charge in [0.15, 0.2) is 12.6 Å². The molecular weight excluding hydrogens is 955 g/mol. The quantitative estimate of drug-likeness (QED) is 0.0205. The van der Waals surface area contributed by atoms with Crippen LogP contribution in [0.2, 0.25) is 0 Å². The molecule has 2 heterocycles. The minimum atomic E-state index is -1.79. The summed E-state index contributed by atoms with van der Waals surface area (Å²) in [6.07, 6.45) is 44.7. The largest absolute Gasteiger partial charge is 0.394 e. The Morgan fingerprint density at radius 2 is 0.933 bits per heavy atom. The van der Waals surface area contributed by atoms with E-state index in [2.05, 4.69) is 92.1 Å². The molecule has 0 aliphatic carbocycles. The van der Waals surface area contributed by atoms with Crippen LogP contribution >= 0.6 is 0 Å². The van der Waals surface area contributed by atoms with Gasteiger partial charge in [0.1, 0.15) is 48.8 Å². The SMILES string of the molecule is CC/C=C\C/C=C\C/C=C\C/C=C\C/C=C\CCCCCCCCCCCC(=O)NC(COC1OC(CO)C(OC2OC(CO)C(O)C(O)C2O)C(O)C1O)C(O)/C=C/CC/C=C/CCCCCCCCCCCC.